The largest absolute Gasteiger partial charge is 0.481 e. The molecule has 0 aliphatic carbocycles. The molecule has 102 valence electrons. The number of hydrogen-bond acceptors (Lipinski definition) is 4. The Morgan fingerprint density at radius 3 is 2.68 bits per heavy atom. The molecule has 5 heteroatoms. The van der Waals surface area contributed by atoms with E-state index in [1.807, 2.05) is 35.3 Å². The van der Waals surface area contributed by atoms with Crippen molar-refractivity contribution in [3.8, 4) is 5.88 Å². The molecule has 2 aromatic rings. The molecular formula is C14H20N4O. The van der Waals surface area contributed by atoms with E-state index in [-0.39, 0.29) is 0 Å². The summed E-state index contributed by atoms with van der Waals surface area (Å²) in [7, 11) is 1.62. The second-order valence-corrected chi connectivity index (χ2v) is 4.69. The Morgan fingerprint density at radius 2 is 2.11 bits per heavy atom. The lowest BCUT2D eigenvalue weighted by Gasteiger charge is -2.05. The standard InChI is InChI=1S/C14H20N4O/c1-11(2)18-7-6-13(17-18)10-15-8-12-4-5-14(19-3)16-9-12/h4-7,9,11,15H,8,10H2,1-3H3. The summed E-state index contributed by atoms with van der Waals surface area (Å²) in [6.45, 7) is 5.76. The third kappa shape index (κ3) is 3.79. The van der Waals surface area contributed by atoms with Crippen LogP contribution in [-0.2, 0) is 13.1 Å². The molecule has 0 bridgehead atoms. The van der Waals surface area contributed by atoms with Crippen molar-refractivity contribution in [2.75, 3.05) is 7.11 Å². The Hall–Kier alpha value is -1.88. The van der Waals surface area contributed by atoms with Gasteiger partial charge in [0, 0.05) is 37.6 Å². The number of methoxy groups -OCH3 is 1. The van der Waals surface area contributed by atoms with Gasteiger partial charge in [0.2, 0.25) is 5.88 Å². The predicted octanol–water partition coefficient (Wildman–Crippen LogP) is 2.16. The molecule has 2 heterocycles. The summed E-state index contributed by atoms with van der Waals surface area (Å²) < 4.78 is 6.99. The highest BCUT2D eigenvalue weighted by atomic mass is 16.5. The maximum Gasteiger partial charge on any atom is 0.212 e. The molecule has 5 nitrogen and oxygen atoms in total. The van der Waals surface area contributed by atoms with E-state index in [4.69, 9.17) is 4.74 Å². The summed E-state index contributed by atoms with van der Waals surface area (Å²) >= 11 is 0. The number of pyridine rings is 1. The van der Waals surface area contributed by atoms with E-state index < -0.39 is 0 Å². The van der Waals surface area contributed by atoms with E-state index in [1.54, 1.807) is 7.11 Å². The van der Waals surface area contributed by atoms with E-state index in [0.717, 1.165) is 24.3 Å². The average molecular weight is 260 g/mol. The third-order valence-corrected chi connectivity index (χ3v) is 2.83. The van der Waals surface area contributed by atoms with Crippen LogP contribution in [0.15, 0.2) is 30.6 Å². The summed E-state index contributed by atoms with van der Waals surface area (Å²) in [4.78, 5) is 4.17. The topological polar surface area (TPSA) is 52.0 Å². The average Bonchev–Trinajstić information content (AvgIpc) is 2.89. The molecular weight excluding hydrogens is 240 g/mol. The van der Waals surface area contributed by atoms with Crippen LogP contribution in [0.3, 0.4) is 0 Å². The van der Waals surface area contributed by atoms with Crippen LogP contribution in [0.4, 0.5) is 0 Å². The van der Waals surface area contributed by atoms with Crippen molar-refractivity contribution in [3.05, 3.63) is 41.9 Å². The number of aromatic nitrogens is 3. The molecule has 0 aromatic carbocycles. The van der Waals surface area contributed by atoms with Crippen molar-refractivity contribution in [3.63, 3.8) is 0 Å². The van der Waals surface area contributed by atoms with Crippen LogP contribution in [0.1, 0.15) is 31.1 Å². The Labute approximate surface area is 113 Å². The van der Waals surface area contributed by atoms with Gasteiger partial charge in [0.05, 0.1) is 12.8 Å². The molecule has 1 N–H and O–H groups in total. The van der Waals surface area contributed by atoms with Crippen molar-refractivity contribution in [2.45, 2.75) is 33.0 Å². The summed E-state index contributed by atoms with van der Waals surface area (Å²) in [5.41, 5.74) is 2.18. The SMILES string of the molecule is COc1ccc(CNCc2ccn(C(C)C)n2)cn1. The lowest BCUT2D eigenvalue weighted by Crippen LogP contribution is -2.14. The zero-order chi connectivity index (χ0) is 13.7. The van der Waals surface area contributed by atoms with Gasteiger partial charge in [-0.25, -0.2) is 4.98 Å². The normalized spacial score (nSPS) is 10.9. The Bertz CT molecular complexity index is 504. The highest BCUT2D eigenvalue weighted by Gasteiger charge is 2.02. The number of rotatable bonds is 6. The molecule has 0 fully saturated rings. The maximum atomic E-state index is 5.02. The van der Waals surface area contributed by atoms with Crippen LogP contribution >= 0.6 is 0 Å². The van der Waals surface area contributed by atoms with Crippen LogP contribution in [0.25, 0.3) is 0 Å². The molecule has 0 radical (unpaired) electrons. The minimum atomic E-state index is 0.402. The van der Waals surface area contributed by atoms with Crippen molar-refractivity contribution in [1.82, 2.24) is 20.1 Å². The molecule has 19 heavy (non-hydrogen) atoms. The highest BCUT2D eigenvalue weighted by molar-refractivity contribution is 5.17. The smallest absolute Gasteiger partial charge is 0.212 e. The van der Waals surface area contributed by atoms with Crippen molar-refractivity contribution >= 4 is 0 Å². The first kappa shape index (κ1) is 13.5. The van der Waals surface area contributed by atoms with E-state index in [1.165, 1.54) is 0 Å². The number of nitrogens with one attached hydrogen (secondary N) is 1. The molecule has 0 saturated carbocycles. The third-order valence-electron chi connectivity index (χ3n) is 2.83. The number of hydrogen-bond donors (Lipinski definition) is 1. The van der Waals surface area contributed by atoms with Gasteiger partial charge in [-0.15, -0.1) is 0 Å². The van der Waals surface area contributed by atoms with Gasteiger partial charge < -0.3 is 10.1 Å². The van der Waals surface area contributed by atoms with E-state index in [9.17, 15) is 0 Å². The first-order chi connectivity index (χ1) is 9.19. The summed E-state index contributed by atoms with van der Waals surface area (Å²) in [5.74, 6) is 0.638. The first-order valence-electron chi connectivity index (χ1n) is 6.42. The molecule has 2 rings (SSSR count). The summed E-state index contributed by atoms with van der Waals surface area (Å²) in [6.07, 6.45) is 3.83. The number of ether oxygens (including phenoxy) is 1. The lowest BCUT2D eigenvalue weighted by atomic mass is 10.3. The van der Waals surface area contributed by atoms with E-state index in [2.05, 4.69) is 29.2 Å². The van der Waals surface area contributed by atoms with Crippen molar-refractivity contribution in [2.24, 2.45) is 0 Å². The Morgan fingerprint density at radius 1 is 1.26 bits per heavy atom. The maximum absolute atomic E-state index is 5.02. The molecule has 0 atom stereocenters. The van der Waals surface area contributed by atoms with Crippen LogP contribution in [-0.4, -0.2) is 21.9 Å². The summed E-state index contributed by atoms with van der Waals surface area (Å²) in [5, 5.41) is 7.84. The molecule has 0 spiro atoms. The first-order valence-corrected chi connectivity index (χ1v) is 6.42. The fourth-order valence-corrected chi connectivity index (χ4v) is 1.73. The van der Waals surface area contributed by atoms with Crippen molar-refractivity contribution in [1.29, 1.82) is 0 Å². The zero-order valence-corrected chi connectivity index (χ0v) is 11.6. The van der Waals surface area contributed by atoms with Crippen molar-refractivity contribution < 1.29 is 4.74 Å². The molecule has 0 saturated heterocycles. The number of nitrogens with zero attached hydrogens (tertiary/aromatic N) is 3. The van der Waals surface area contributed by atoms with Gasteiger partial charge in [0.15, 0.2) is 0 Å². The molecule has 0 unspecified atom stereocenters. The van der Waals surface area contributed by atoms with E-state index >= 15 is 0 Å². The molecule has 0 aliphatic rings. The van der Waals surface area contributed by atoms with Gasteiger partial charge in [-0.3, -0.25) is 4.68 Å². The lowest BCUT2D eigenvalue weighted by molar-refractivity contribution is 0.397. The summed E-state index contributed by atoms with van der Waals surface area (Å²) in [6, 6.07) is 6.31. The van der Waals surface area contributed by atoms with Crippen LogP contribution in [0.2, 0.25) is 0 Å². The van der Waals surface area contributed by atoms with Gasteiger partial charge in [-0.2, -0.15) is 5.10 Å². The monoisotopic (exact) mass is 260 g/mol. The zero-order valence-electron chi connectivity index (χ0n) is 11.6. The van der Waals surface area contributed by atoms with Gasteiger partial charge in [0.1, 0.15) is 0 Å². The van der Waals surface area contributed by atoms with Crippen LogP contribution < -0.4 is 10.1 Å². The minimum absolute atomic E-state index is 0.402. The van der Waals surface area contributed by atoms with Gasteiger partial charge in [-0.1, -0.05) is 6.07 Å². The quantitative estimate of drug-likeness (QED) is 0.864. The second kappa shape index (κ2) is 6.33. The van der Waals surface area contributed by atoms with Gasteiger partial charge in [-0.05, 0) is 25.5 Å². The van der Waals surface area contributed by atoms with E-state index in [0.29, 0.717) is 11.9 Å². The van der Waals surface area contributed by atoms with Crippen LogP contribution in [0, 0.1) is 0 Å². The van der Waals surface area contributed by atoms with Gasteiger partial charge >= 0.3 is 0 Å². The van der Waals surface area contributed by atoms with Gasteiger partial charge in [0.25, 0.3) is 0 Å². The highest BCUT2D eigenvalue weighted by Crippen LogP contribution is 2.07. The predicted molar refractivity (Wildman–Crippen MR) is 73.9 cm³/mol. The Kier molecular flexibility index (Phi) is 4.52. The Balaban J connectivity index is 1.81. The molecule has 2 aromatic heterocycles. The molecule has 0 aliphatic heterocycles. The fraction of sp³-hybridized carbons (Fsp3) is 0.429. The second-order valence-electron chi connectivity index (χ2n) is 4.69. The van der Waals surface area contributed by atoms with Crippen LogP contribution in [0.5, 0.6) is 5.88 Å². The minimum Gasteiger partial charge on any atom is -0.481 e. The molecule has 0 amide bonds. The fourth-order valence-electron chi connectivity index (χ4n) is 1.73.